The van der Waals surface area contributed by atoms with E-state index in [4.69, 9.17) is 17.3 Å². The molecule has 4 nitrogen and oxygen atoms in total. The van der Waals surface area contributed by atoms with Crippen LogP contribution in [-0.4, -0.2) is 10.9 Å². The molecule has 1 aromatic heterocycles. The van der Waals surface area contributed by atoms with Gasteiger partial charge < -0.3 is 11.1 Å². The van der Waals surface area contributed by atoms with Gasteiger partial charge in [0.05, 0.1) is 21.9 Å². The first kappa shape index (κ1) is 11.9. The van der Waals surface area contributed by atoms with Gasteiger partial charge >= 0.3 is 0 Å². The van der Waals surface area contributed by atoms with E-state index in [0.29, 0.717) is 21.3 Å². The number of anilines is 2. The second kappa shape index (κ2) is 4.73. The highest BCUT2D eigenvalue weighted by Gasteiger charge is 2.12. The Morgan fingerprint density at radius 2 is 2.29 bits per heavy atom. The van der Waals surface area contributed by atoms with Crippen molar-refractivity contribution in [1.82, 2.24) is 4.98 Å². The third-order valence-electron chi connectivity index (χ3n) is 2.21. The van der Waals surface area contributed by atoms with Crippen LogP contribution in [0.15, 0.2) is 23.7 Å². The SMILES string of the molecule is Cc1ncsc1C(=O)Nc1ccc(Cl)c(N)c1. The Bertz CT molecular complexity index is 568. The largest absolute Gasteiger partial charge is 0.397 e. The third-order valence-corrected chi connectivity index (χ3v) is 3.48. The molecule has 3 N–H and O–H groups in total. The van der Waals surface area contributed by atoms with Gasteiger partial charge in [-0.2, -0.15) is 0 Å². The number of aromatic nitrogens is 1. The van der Waals surface area contributed by atoms with Crippen LogP contribution in [0.25, 0.3) is 0 Å². The fraction of sp³-hybridized carbons (Fsp3) is 0.0909. The zero-order valence-electron chi connectivity index (χ0n) is 9.03. The first-order chi connectivity index (χ1) is 8.08. The average molecular weight is 268 g/mol. The quantitative estimate of drug-likeness (QED) is 0.822. The van der Waals surface area contributed by atoms with Crippen LogP contribution >= 0.6 is 22.9 Å². The molecule has 0 atom stereocenters. The number of aryl methyl sites for hydroxylation is 1. The fourth-order valence-corrected chi connectivity index (χ4v) is 2.14. The molecule has 1 aromatic carbocycles. The minimum atomic E-state index is -0.188. The number of halogens is 1. The summed E-state index contributed by atoms with van der Waals surface area (Å²) in [5.41, 5.74) is 9.06. The van der Waals surface area contributed by atoms with Gasteiger partial charge in [-0.1, -0.05) is 11.6 Å². The number of rotatable bonds is 2. The zero-order valence-corrected chi connectivity index (χ0v) is 10.6. The molecule has 0 saturated carbocycles. The minimum absolute atomic E-state index is 0.188. The van der Waals surface area contributed by atoms with Crippen molar-refractivity contribution in [1.29, 1.82) is 0 Å². The summed E-state index contributed by atoms with van der Waals surface area (Å²) in [6, 6.07) is 4.97. The summed E-state index contributed by atoms with van der Waals surface area (Å²) in [7, 11) is 0. The number of nitrogens with zero attached hydrogens (tertiary/aromatic N) is 1. The van der Waals surface area contributed by atoms with Gasteiger partial charge in [0.15, 0.2) is 0 Å². The van der Waals surface area contributed by atoms with E-state index in [9.17, 15) is 4.79 Å². The number of hydrogen-bond donors (Lipinski definition) is 2. The molecule has 6 heteroatoms. The first-order valence-electron chi connectivity index (χ1n) is 4.84. The number of carbonyl (C=O) groups excluding carboxylic acids is 1. The Hall–Kier alpha value is -1.59. The molecule has 2 aromatic rings. The number of carbonyl (C=O) groups is 1. The molecule has 0 unspecified atom stereocenters. The monoisotopic (exact) mass is 267 g/mol. The molecular formula is C11H10ClN3OS. The van der Waals surface area contributed by atoms with Crippen LogP contribution in [0.5, 0.6) is 0 Å². The van der Waals surface area contributed by atoms with Crippen molar-refractivity contribution in [2.45, 2.75) is 6.92 Å². The second-order valence-corrected chi connectivity index (χ2v) is 4.72. The Labute approximate surface area is 107 Å². The summed E-state index contributed by atoms with van der Waals surface area (Å²) in [6.07, 6.45) is 0. The molecule has 0 saturated heterocycles. The van der Waals surface area contributed by atoms with E-state index < -0.39 is 0 Å². The van der Waals surface area contributed by atoms with Crippen molar-refractivity contribution in [2.75, 3.05) is 11.1 Å². The molecule has 0 aliphatic rings. The van der Waals surface area contributed by atoms with Crippen LogP contribution in [-0.2, 0) is 0 Å². The van der Waals surface area contributed by atoms with Crippen molar-refractivity contribution < 1.29 is 4.79 Å². The first-order valence-corrected chi connectivity index (χ1v) is 6.10. The Morgan fingerprint density at radius 3 is 2.88 bits per heavy atom. The highest BCUT2D eigenvalue weighted by atomic mass is 35.5. The van der Waals surface area contributed by atoms with Crippen molar-refractivity contribution in [3.05, 3.63) is 39.3 Å². The van der Waals surface area contributed by atoms with Crippen LogP contribution in [0.4, 0.5) is 11.4 Å². The van der Waals surface area contributed by atoms with Gasteiger partial charge in [-0.05, 0) is 25.1 Å². The molecule has 1 amide bonds. The molecule has 0 bridgehead atoms. The van der Waals surface area contributed by atoms with Gasteiger partial charge in [-0.15, -0.1) is 11.3 Å². The Balaban J connectivity index is 2.19. The number of nitrogen functional groups attached to an aromatic ring is 1. The lowest BCUT2D eigenvalue weighted by molar-refractivity contribution is 0.103. The topological polar surface area (TPSA) is 68.0 Å². The van der Waals surface area contributed by atoms with E-state index in [1.165, 1.54) is 11.3 Å². The van der Waals surface area contributed by atoms with E-state index in [1.807, 2.05) is 0 Å². The predicted molar refractivity (Wildman–Crippen MR) is 70.7 cm³/mol. The molecule has 0 spiro atoms. The molecule has 0 radical (unpaired) electrons. The van der Waals surface area contributed by atoms with E-state index in [1.54, 1.807) is 30.6 Å². The van der Waals surface area contributed by atoms with Crippen LogP contribution in [0.1, 0.15) is 15.4 Å². The number of nitrogens with two attached hydrogens (primary N) is 1. The van der Waals surface area contributed by atoms with Crippen LogP contribution in [0.2, 0.25) is 5.02 Å². The van der Waals surface area contributed by atoms with Gasteiger partial charge in [0.2, 0.25) is 0 Å². The normalized spacial score (nSPS) is 10.2. The molecule has 88 valence electrons. The Morgan fingerprint density at radius 1 is 1.53 bits per heavy atom. The van der Waals surface area contributed by atoms with E-state index in [-0.39, 0.29) is 5.91 Å². The fourth-order valence-electron chi connectivity index (χ4n) is 1.33. The number of hydrogen-bond acceptors (Lipinski definition) is 4. The summed E-state index contributed by atoms with van der Waals surface area (Å²) < 4.78 is 0. The van der Waals surface area contributed by atoms with Crippen LogP contribution < -0.4 is 11.1 Å². The highest BCUT2D eigenvalue weighted by Crippen LogP contribution is 2.23. The lowest BCUT2D eigenvalue weighted by Gasteiger charge is -2.05. The smallest absolute Gasteiger partial charge is 0.267 e. The molecular weight excluding hydrogens is 258 g/mol. The molecule has 0 aliphatic heterocycles. The zero-order chi connectivity index (χ0) is 12.4. The van der Waals surface area contributed by atoms with Crippen molar-refractivity contribution in [3.63, 3.8) is 0 Å². The molecule has 1 heterocycles. The number of amides is 1. The van der Waals surface area contributed by atoms with Crippen LogP contribution in [0.3, 0.4) is 0 Å². The average Bonchev–Trinajstić information content (AvgIpc) is 2.70. The number of thiazole rings is 1. The van der Waals surface area contributed by atoms with Gasteiger partial charge in [0.1, 0.15) is 4.88 Å². The number of nitrogens with one attached hydrogen (secondary N) is 1. The minimum Gasteiger partial charge on any atom is -0.397 e. The standard InChI is InChI=1S/C11H10ClN3OS/c1-6-10(17-5-14-6)11(16)15-7-2-3-8(12)9(13)4-7/h2-5H,13H2,1H3,(H,15,16). The van der Waals surface area contributed by atoms with E-state index >= 15 is 0 Å². The van der Waals surface area contributed by atoms with Gasteiger partial charge in [-0.25, -0.2) is 4.98 Å². The summed E-state index contributed by atoms with van der Waals surface area (Å²) in [4.78, 5) is 16.5. The maximum Gasteiger partial charge on any atom is 0.267 e. The molecule has 17 heavy (non-hydrogen) atoms. The summed E-state index contributed by atoms with van der Waals surface area (Å²) in [5, 5.41) is 3.22. The lowest BCUT2D eigenvalue weighted by Crippen LogP contribution is -2.11. The second-order valence-electron chi connectivity index (χ2n) is 3.46. The van der Waals surface area contributed by atoms with Gasteiger partial charge in [0.25, 0.3) is 5.91 Å². The lowest BCUT2D eigenvalue weighted by atomic mass is 10.2. The maximum atomic E-state index is 11.9. The van der Waals surface area contributed by atoms with Crippen molar-refractivity contribution in [2.24, 2.45) is 0 Å². The molecule has 0 fully saturated rings. The predicted octanol–water partition coefficient (Wildman–Crippen LogP) is 2.94. The van der Waals surface area contributed by atoms with E-state index in [2.05, 4.69) is 10.3 Å². The summed E-state index contributed by atoms with van der Waals surface area (Å²) in [6.45, 7) is 1.79. The molecule has 2 rings (SSSR count). The van der Waals surface area contributed by atoms with Crippen molar-refractivity contribution in [3.8, 4) is 0 Å². The highest BCUT2D eigenvalue weighted by molar-refractivity contribution is 7.12. The summed E-state index contributed by atoms with van der Waals surface area (Å²) >= 11 is 7.10. The maximum absolute atomic E-state index is 11.9. The van der Waals surface area contributed by atoms with Gasteiger partial charge in [-0.3, -0.25) is 4.79 Å². The summed E-state index contributed by atoms with van der Waals surface area (Å²) in [5.74, 6) is -0.188. The van der Waals surface area contributed by atoms with Crippen LogP contribution in [0, 0.1) is 6.92 Å². The number of benzene rings is 1. The Kier molecular flexibility index (Phi) is 3.31. The molecule has 0 aliphatic carbocycles. The van der Waals surface area contributed by atoms with Gasteiger partial charge in [0, 0.05) is 5.69 Å². The third kappa shape index (κ3) is 2.57. The van der Waals surface area contributed by atoms with E-state index in [0.717, 1.165) is 5.69 Å². The van der Waals surface area contributed by atoms with Crippen molar-refractivity contribution >= 4 is 40.2 Å².